The molecule has 0 saturated carbocycles. The number of benzene rings is 2. The van der Waals surface area contributed by atoms with Crippen LogP contribution in [-0.2, 0) is 11.3 Å². The molecule has 2 aliphatic heterocycles. The molecule has 0 radical (unpaired) electrons. The molecule has 2 aliphatic rings. The Kier molecular flexibility index (Phi) is 9.47. The molecule has 0 bridgehead atoms. The maximum atomic E-state index is 12.2. The molecule has 1 amide bonds. The van der Waals surface area contributed by atoms with Crippen molar-refractivity contribution in [3.8, 4) is 17.2 Å². The third-order valence-electron chi connectivity index (χ3n) is 7.02. The Morgan fingerprint density at radius 1 is 0.972 bits per heavy atom. The fraction of sp³-hybridized carbons (Fsp3) is 0.552. The van der Waals surface area contributed by atoms with Gasteiger partial charge >= 0.3 is 0 Å². The van der Waals surface area contributed by atoms with E-state index in [2.05, 4.69) is 11.0 Å². The van der Waals surface area contributed by atoms with E-state index in [1.54, 1.807) is 7.11 Å². The van der Waals surface area contributed by atoms with Crippen LogP contribution in [0.5, 0.6) is 17.2 Å². The molecule has 1 N–H and O–H groups in total. The molecule has 2 aromatic rings. The average molecular weight is 497 g/mol. The number of likely N-dealkylation sites (tertiary alicyclic amines) is 2. The van der Waals surface area contributed by atoms with Gasteiger partial charge in [-0.15, -0.1) is 0 Å². The van der Waals surface area contributed by atoms with Crippen molar-refractivity contribution < 1.29 is 24.1 Å². The average Bonchev–Trinajstić information content (AvgIpc) is 3.10. The minimum Gasteiger partial charge on any atom is -0.493 e. The number of aliphatic hydroxyl groups is 1. The number of ether oxygens (including phenoxy) is 3. The second-order valence-corrected chi connectivity index (χ2v) is 10.0. The standard InChI is InChI=1S/C29H40N2O5/c1-34-26-14-13-24(20-27(26)35-19-9-18-31-17-7-3-6-12-28(31)32)21-30-16-8-15-29(33,22-30)23-36-25-10-4-2-5-11-25/h2,4-5,10-11,13-14,20,33H,3,6-9,12,15-19,21-23H2,1H3/t29-/m1/s1. The van der Waals surface area contributed by atoms with Gasteiger partial charge in [-0.05, 0) is 68.5 Å². The summed E-state index contributed by atoms with van der Waals surface area (Å²) in [5.74, 6) is 2.47. The summed E-state index contributed by atoms with van der Waals surface area (Å²) in [4.78, 5) is 16.5. The fourth-order valence-corrected chi connectivity index (χ4v) is 5.10. The number of para-hydroxylation sites is 1. The molecule has 0 spiro atoms. The fourth-order valence-electron chi connectivity index (χ4n) is 5.10. The molecule has 36 heavy (non-hydrogen) atoms. The number of methoxy groups -OCH3 is 1. The van der Waals surface area contributed by atoms with Crippen molar-refractivity contribution in [3.63, 3.8) is 0 Å². The van der Waals surface area contributed by atoms with Crippen molar-refractivity contribution >= 4 is 5.91 Å². The van der Waals surface area contributed by atoms with Crippen LogP contribution in [-0.4, -0.2) is 72.9 Å². The third kappa shape index (κ3) is 7.61. The lowest BCUT2D eigenvalue weighted by molar-refractivity contribution is -0.130. The minimum absolute atomic E-state index is 0.266. The first kappa shape index (κ1) is 26.3. The van der Waals surface area contributed by atoms with Crippen LogP contribution in [0.1, 0.15) is 50.5 Å². The molecule has 7 nitrogen and oxygen atoms in total. The van der Waals surface area contributed by atoms with Crippen molar-refractivity contribution in [1.82, 2.24) is 9.80 Å². The summed E-state index contributed by atoms with van der Waals surface area (Å²) >= 11 is 0. The molecular formula is C29H40N2O5. The lowest BCUT2D eigenvalue weighted by Crippen LogP contribution is -2.51. The summed E-state index contributed by atoms with van der Waals surface area (Å²) in [5, 5.41) is 11.2. The quantitative estimate of drug-likeness (QED) is 0.469. The molecule has 2 heterocycles. The molecule has 1 atom stereocenters. The van der Waals surface area contributed by atoms with Crippen molar-refractivity contribution in [3.05, 3.63) is 54.1 Å². The molecule has 0 unspecified atom stereocenters. The van der Waals surface area contributed by atoms with Gasteiger partial charge < -0.3 is 24.2 Å². The predicted molar refractivity (Wildman–Crippen MR) is 140 cm³/mol. The van der Waals surface area contributed by atoms with E-state index in [1.165, 1.54) is 0 Å². The van der Waals surface area contributed by atoms with Crippen LogP contribution < -0.4 is 14.2 Å². The number of amides is 1. The Bertz CT molecular complexity index is 969. The van der Waals surface area contributed by atoms with E-state index in [4.69, 9.17) is 14.2 Å². The van der Waals surface area contributed by atoms with Crippen LogP contribution in [0.25, 0.3) is 0 Å². The molecule has 2 saturated heterocycles. The molecule has 7 heteroatoms. The summed E-state index contributed by atoms with van der Waals surface area (Å²) in [6.45, 7) is 4.62. The van der Waals surface area contributed by atoms with Gasteiger partial charge in [-0.2, -0.15) is 0 Å². The zero-order valence-electron chi connectivity index (χ0n) is 21.5. The van der Waals surface area contributed by atoms with Crippen molar-refractivity contribution in [2.24, 2.45) is 0 Å². The Morgan fingerprint density at radius 2 is 1.83 bits per heavy atom. The Hall–Kier alpha value is -2.77. The minimum atomic E-state index is -0.870. The van der Waals surface area contributed by atoms with Crippen molar-refractivity contribution in [1.29, 1.82) is 0 Å². The molecule has 0 aliphatic carbocycles. The Balaban J connectivity index is 1.29. The number of hydrogen-bond donors (Lipinski definition) is 1. The van der Waals surface area contributed by atoms with Gasteiger partial charge in [-0.1, -0.05) is 30.7 Å². The van der Waals surface area contributed by atoms with E-state index in [-0.39, 0.29) is 12.5 Å². The number of rotatable bonds is 11. The topological polar surface area (TPSA) is 71.5 Å². The highest BCUT2D eigenvalue weighted by molar-refractivity contribution is 5.76. The van der Waals surface area contributed by atoms with Gasteiger partial charge in [-0.25, -0.2) is 0 Å². The van der Waals surface area contributed by atoms with E-state index in [0.29, 0.717) is 25.3 Å². The molecular weight excluding hydrogens is 456 g/mol. The number of piperidine rings is 1. The summed E-state index contributed by atoms with van der Waals surface area (Å²) in [6.07, 6.45) is 6.34. The predicted octanol–water partition coefficient (Wildman–Crippen LogP) is 4.27. The molecule has 2 fully saturated rings. The summed E-state index contributed by atoms with van der Waals surface area (Å²) in [5.41, 5.74) is 0.242. The van der Waals surface area contributed by atoms with Crippen molar-refractivity contribution in [2.75, 3.05) is 46.5 Å². The van der Waals surface area contributed by atoms with Gasteiger partial charge in [-0.3, -0.25) is 9.69 Å². The first-order valence-corrected chi connectivity index (χ1v) is 13.2. The van der Waals surface area contributed by atoms with E-state index >= 15 is 0 Å². The number of β-amino-alcohol motifs (C(OH)–C–C–N with tert-alkyl or cyclic N) is 1. The number of hydrogen-bond acceptors (Lipinski definition) is 6. The van der Waals surface area contributed by atoms with E-state index in [9.17, 15) is 9.90 Å². The van der Waals surface area contributed by atoms with Gasteiger partial charge in [0.2, 0.25) is 5.91 Å². The van der Waals surface area contributed by atoms with E-state index < -0.39 is 5.60 Å². The first-order valence-electron chi connectivity index (χ1n) is 13.2. The van der Waals surface area contributed by atoms with Gasteiger partial charge in [0.1, 0.15) is 18.0 Å². The van der Waals surface area contributed by atoms with Crippen LogP contribution in [0.2, 0.25) is 0 Å². The lowest BCUT2D eigenvalue weighted by atomic mass is 9.93. The highest BCUT2D eigenvalue weighted by atomic mass is 16.5. The monoisotopic (exact) mass is 496 g/mol. The van der Waals surface area contributed by atoms with Gasteiger partial charge in [0.05, 0.1) is 13.7 Å². The highest BCUT2D eigenvalue weighted by Gasteiger charge is 2.34. The number of carbonyl (C=O) groups excluding carboxylic acids is 1. The van der Waals surface area contributed by atoms with Gasteiger partial charge in [0, 0.05) is 32.6 Å². The maximum Gasteiger partial charge on any atom is 0.222 e. The normalized spacial score (nSPS) is 21.2. The van der Waals surface area contributed by atoms with Crippen LogP contribution in [0.3, 0.4) is 0 Å². The molecule has 196 valence electrons. The van der Waals surface area contributed by atoms with Crippen LogP contribution in [0, 0.1) is 0 Å². The Morgan fingerprint density at radius 3 is 2.67 bits per heavy atom. The van der Waals surface area contributed by atoms with E-state index in [0.717, 1.165) is 81.8 Å². The lowest BCUT2D eigenvalue weighted by Gasteiger charge is -2.39. The highest BCUT2D eigenvalue weighted by Crippen LogP contribution is 2.30. The van der Waals surface area contributed by atoms with E-state index in [1.807, 2.05) is 47.4 Å². The summed E-state index contributed by atoms with van der Waals surface area (Å²) in [7, 11) is 1.65. The van der Waals surface area contributed by atoms with Crippen LogP contribution in [0.4, 0.5) is 0 Å². The zero-order chi connectivity index (χ0) is 25.2. The van der Waals surface area contributed by atoms with Gasteiger partial charge in [0.15, 0.2) is 11.5 Å². The maximum absolute atomic E-state index is 12.2. The zero-order valence-corrected chi connectivity index (χ0v) is 21.5. The number of carbonyl (C=O) groups is 1. The second-order valence-electron chi connectivity index (χ2n) is 10.0. The van der Waals surface area contributed by atoms with Gasteiger partial charge in [0.25, 0.3) is 0 Å². The largest absolute Gasteiger partial charge is 0.493 e. The first-order chi connectivity index (χ1) is 17.5. The summed E-state index contributed by atoms with van der Waals surface area (Å²) < 4.78 is 17.5. The SMILES string of the molecule is COc1ccc(CN2CCC[C@](O)(COc3ccccc3)C2)cc1OCCCN1CCCCCC1=O. The molecule has 2 aromatic carbocycles. The third-order valence-corrected chi connectivity index (χ3v) is 7.02. The van der Waals surface area contributed by atoms with Crippen molar-refractivity contribution in [2.45, 2.75) is 57.1 Å². The second kappa shape index (κ2) is 13.0. The van der Waals surface area contributed by atoms with Crippen LogP contribution >= 0.6 is 0 Å². The Labute approximate surface area is 214 Å². The molecule has 0 aromatic heterocycles. The van der Waals surface area contributed by atoms with Crippen LogP contribution in [0.15, 0.2) is 48.5 Å². The smallest absolute Gasteiger partial charge is 0.222 e. The molecule has 4 rings (SSSR count). The number of nitrogens with zero attached hydrogens (tertiary/aromatic N) is 2. The summed E-state index contributed by atoms with van der Waals surface area (Å²) in [6, 6.07) is 15.7.